The number of rotatable bonds is 0. The molecule has 1 aromatic heterocycles. The lowest BCUT2D eigenvalue weighted by Gasteiger charge is -1.95. The van der Waals surface area contributed by atoms with Crippen LogP contribution >= 0.6 is 69.1 Å². The van der Waals surface area contributed by atoms with Crippen LogP contribution in [0.5, 0.6) is 0 Å². The van der Waals surface area contributed by atoms with Gasteiger partial charge in [-0.05, 0) is 63.4 Å². The highest BCUT2D eigenvalue weighted by atomic mass is 127. The summed E-state index contributed by atoms with van der Waals surface area (Å²) in [6, 6.07) is 6.43. The number of hydrogen-bond acceptors (Lipinski definition) is 2. The molecule has 0 saturated heterocycles. The van der Waals surface area contributed by atoms with E-state index in [4.69, 9.17) is 0 Å². The van der Waals surface area contributed by atoms with Gasteiger partial charge in [0.05, 0.1) is 2.88 Å². The first kappa shape index (κ1) is 9.54. The molecular formula is C8H4I2S2. The normalized spacial score (nSPS) is 10.9. The highest BCUT2D eigenvalue weighted by Crippen LogP contribution is 2.32. The smallest absolute Gasteiger partial charge is 0.0666 e. The van der Waals surface area contributed by atoms with Crippen molar-refractivity contribution in [3.05, 3.63) is 24.7 Å². The maximum Gasteiger partial charge on any atom is 0.0666 e. The van der Waals surface area contributed by atoms with E-state index in [1.165, 1.54) is 16.5 Å². The Bertz CT molecular complexity index is 434. The zero-order chi connectivity index (χ0) is 8.72. The second kappa shape index (κ2) is 3.62. The van der Waals surface area contributed by atoms with E-state index in [0.29, 0.717) is 0 Å². The Labute approximate surface area is 107 Å². The molecule has 1 aromatic carbocycles. The Morgan fingerprint density at radius 3 is 2.67 bits per heavy atom. The van der Waals surface area contributed by atoms with E-state index < -0.39 is 0 Å². The highest BCUT2D eigenvalue weighted by molar-refractivity contribution is 14.1. The topological polar surface area (TPSA) is 0 Å². The lowest BCUT2D eigenvalue weighted by Crippen LogP contribution is -1.72. The first-order valence-electron chi connectivity index (χ1n) is 3.24. The van der Waals surface area contributed by atoms with Crippen molar-refractivity contribution < 1.29 is 0 Å². The average Bonchev–Trinajstić information content (AvgIpc) is 2.29. The van der Waals surface area contributed by atoms with Gasteiger partial charge in [0.25, 0.3) is 0 Å². The molecule has 4 heteroatoms. The average molecular weight is 418 g/mol. The fourth-order valence-corrected chi connectivity index (χ4v) is 4.48. The molecule has 0 atom stereocenters. The molecule has 0 spiro atoms. The second-order valence-corrected chi connectivity index (χ2v) is 7.05. The van der Waals surface area contributed by atoms with Gasteiger partial charge >= 0.3 is 0 Å². The van der Waals surface area contributed by atoms with Gasteiger partial charge in [-0.25, -0.2) is 0 Å². The number of halogens is 2. The summed E-state index contributed by atoms with van der Waals surface area (Å²) in [5, 5.41) is 1.35. The summed E-state index contributed by atoms with van der Waals surface area (Å²) < 4.78 is 3.95. The van der Waals surface area contributed by atoms with Gasteiger partial charge in [0, 0.05) is 18.6 Å². The van der Waals surface area contributed by atoms with E-state index in [9.17, 15) is 0 Å². The van der Waals surface area contributed by atoms with Gasteiger partial charge < -0.3 is 0 Å². The van der Waals surface area contributed by atoms with Crippen molar-refractivity contribution in [3.8, 4) is 0 Å². The molecule has 0 N–H and O–H groups in total. The van der Waals surface area contributed by atoms with Crippen LogP contribution in [-0.2, 0) is 0 Å². The fraction of sp³-hybridized carbons (Fsp3) is 0. The first-order valence-corrected chi connectivity index (χ1v) is 6.66. The maximum absolute atomic E-state index is 4.34. The number of fused-ring (bicyclic) bond motifs is 1. The minimum absolute atomic E-state index is 1.05. The van der Waals surface area contributed by atoms with Crippen molar-refractivity contribution in [2.75, 3.05) is 0 Å². The van der Waals surface area contributed by atoms with E-state index in [-0.39, 0.29) is 0 Å². The van der Waals surface area contributed by atoms with Crippen molar-refractivity contribution in [2.45, 2.75) is 4.90 Å². The summed E-state index contributed by atoms with van der Waals surface area (Å²) in [7, 11) is 0. The van der Waals surface area contributed by atoms with Gasteiger partial charge in [-0.3, -0.25) is 0 Å². The molecule has 0 amide bonds. The molecule has 0 aliphatic rings. The molecule has 62 valence electrons. The van der Waals surface area contributed by atoms with E-state index in [1.54, 1.807) is 0 Å². The van der Waals surface area contributed by atoms with Crippen LogP contribution in [-0.4, -0.2) is 0 Å². The highest BCUT2D eigenvalue weighted by Gasteiger charge is 2.03. The summed E-state index contributed by atoms with van der Waals surface area (Å²) in [5.41, 5.74) is 0. The monoisotopic (exact) mass is 418 g/mol. The van der Waals surface area contributed by atoms with Gasteiger partial charge in [-0.15, -0.1) is 24.0 Å². The lowest BCUT2D eigenvalue weighted by atomic mass is 10.3. The molecule has 0 unspecified atom stereocenters. The lowest BCUT2D eigenvalue weighted by molar-refractivity contribution is 1.52. The van der Waals surface area contributed by atoms with Gasteiger partial charge in [0.1, 0.15) is 0 Å². The van der Waals surface area contributed by atoms with Crippen LogP contribution in [0.3, 0.4) is 0 Å². The summed E-state index contributed by atoms with van der Waals surface area (Å²) >= 11 is 10.9. The van der Waals surface area contributed by atoms with Crippen LogP contribution in [0.4, 0.5) is 0 Å². The van der Waals surface area contributed by atoms with Crippen molar-refractivity contribution >= 4 is 79.2 Å². The SMILES string of the molecule is Sc1cc(I)c2cc(I)sc2c1. The van der Waals surface area contributed by atoms with Crippen LogP contribution in [0.15, 0.2) is 23.1 Å². The third-order valence-electron chi connectivity index (χ3n) is 1.54. The quantitative estimate of drug-likeness (QED) is 0.476. The first-order chi connectivity index (χ1) is 5.66. The second-order valence-electron chi connectivity index (χ2n) is 2.39. The predicted molar refractivity (Wildman–Crippen MR) is 74.5 cm³/mol. The Hall–Kier alpha value is 0.990. The molecule has 0 fully saturated rings. The van der Waals surface area contributed by atoms with Crippen LogP contribution in [0.1, 0.15) is 0 Å². The molecule has 2 rings (SSSR count). The molecule has 0 bridgehead atoms. The zero-order valence-corrected chi connectivity index (χ0v) is 11.9. The number of benzene rings is 1. The van der Waals surface area contributed by atoms with Gasteiger partial charge in [-0.1, -0.05) is 0 Å². The molecule has 0 aliphatic carbocycles. The molecule has 2 aromatic rings. The molecule has 0 aliphatic heterocycles. The maximum atomic E-state index is 4.34. The predicted octanol–water partition coefficient (Wildman–Crippen LogP) is 4.40. The van der Waals surface area contributed by atoms with Crippen molar-refractivity contribution in [2.24, 2.45) is 0 Å². The van der Waals surface area contributed by atoms with E-state index in [1.807, 2.05) is 11.3 Å². The van der Waals surface area contributed by atoms with Crippen molar-refractivity contribution in [1.82, 2.24) is 0 Å². The van der Waals surface area contributed by atoms with Crippen LogP contribution in [0.2, 0.25) is 0 Å². The molecule has 1 heterocycles. The van der Waals surface area contributed by atoms with E-state index >= 15 is 0 Å². The van der Waals surface area contributed by atoms with Gasteiger partial charge in [-0.2, -0.15) is 0 Å². The Kier molecular flexibility index (Phi) is 2.88. The largest absolute Gasteiger partial charge is 0.143 e. The van der Waals surface area contributed by atoms with Gasteiger partial charge in [0.2, 0.25) is 0 Å². The Morgan fingerprint density at radius 1 is 1.17 bits per heavy atom. The Morgan fingerprint density at radius 2 is 1.92 bits per heavy atom. The summed E-state index contributed by atoms with van der Waals surface area (Å²) in [4.78, 5) is 1.05. The van der Waals surface area contributed by atoms with Crippen LogP contribution in [0.25, 0.3) is 10.1 Å². The van der Waals surface area contributed by atoms with E-state index in [2.05, 4.69) is 76.0 Å². The summed E-state index contributed by atoms with van der Waals surface area (Å²) in [5.74, 6) is 0. The van der Waals surface area contributed by atoms with Crippen LogP contribution in [0, 0.1) is 6.45 Å². The minimum atomic E-state index is 1.05. The molecular weight excluding hydrogens is 414 g/mol. The number of thiol groups is 1. The Balaban J connectivity index is 2.88. The standard InChI is InChI=1S/C8H4I2S2/c9-6-1-4(11)2-7-5(6)3-8(10)12-7/h1-3,11H. The third-order valence-corrected chi connectivity index (χ3v) is 4.53. The molecule has 0 nitrogen and oxygen atoms in total. The molecule has 12 heavy (non-hydrogen) atoms. The molecule has 0 saturated carbocycles. The number of hydrogen-bond donors (Lipinski definition) is 1. The third kappa shape index (κ3) is 1.76. The minimum Gasteiger partial charge on any atom is -0.143 e. The van der Waals surface area contributed by atoms with E-state index in [0.717, 1.165) is 4.90 Å². The summed E-state index contributed by atoms with van der Waals surface area (Å²) in [6.45, 7) is 0. The van der Waals surface area contributed by atoms with Crippen LogP contribution < -0.4 is 0 Å². The number of thiophene rings is 1. The van der Waals surface area contributed by atoms with Crippen molar-refractivity contribution in [1.29, 1.82) is 0 Å². The van der Waals surface area contributed by atoms with Gasteiger partial charge in [0.15, 0.2) is 0 Å². The molecule has 0 radical (unpaired) electrons. The summed E-state index contributed by atoms with van der Waals surface area (Å²) in [6.07, 6.45) is 0. The van der Waals surface area contributed by atoms with Crippen molar-refractivity contribution in [3.63, 3.8) is 0 Å². The fourth-order valence-electron chi connectivity index (χ4n) is 1.05. The zero-order valence-electron chi connectivity index (χ0n) is 5.84.